The van der Waals surface area contributed by atoms with E-state index in [1.54, 1.807) is 13.8 Å². The molecule has 0 spiro atoms. The second-order valence-electron chi connectivity index (χ2n) is 4.50. The van der Waals surface area contributed by atoms with Crippen LogP contribution in [0.25, 0.3) is 0 Å². The van der Waals surface area contributed by atoms with Crippen molar-refractivity contribution in [3.05, 3.63) is 0 Å². The van der Waals surface area contributed by atoms with Gasteiger partial charge in [0.1, 0.15) is 0 Å². The molecule has 1 unspecified atom stereocenters. The van der Waals surface area contributed by atoms with E-state index in [1.165, 1.54) is 0 Å². The fraction of sp³-hybridized carbons (Fsp3) is 0.889. The minimum Gasteiger partial charge on any atom is -0.409 e. The van der Waals surface area contributed by atoms with Gasteiger partial charge in [-0.3, -0.25) is 0 Å². The monoisotopic (exact) mass is 249 g/mol. The average molecular weight is 249 g/mol. The topological polar surface area (TPSA) is 105 Å². The number of nitrogens with one attached hydrogen (secondary N) is 1. The molecule has 1 atom stereocenters. The zero-order valence-electron chi connectivity index (χ0n) is 9.60. The molecule has 0 amide bonds. The number of sulfonamides is 1. The van der Waals surface area contributed by atoms with Gasteiger partial charge in [0.2, 0.25) is 10.0 Å². The van der Waals surface area contributed by atoms with Crippen molar-refractivity contribution in [2.45, 2.75) is 38.6 Å². The first-order valence-electron chi connectivity index (χ1n) is 5.32. The molecule has 1 aliphatic rings. The van der Waals surface area contributed by atoms with Crippen molar-refractivity contribution >= 4 is 15.9 Å². The van der Waals surface area contributed by atoms with Crippen molar-refractivity contribution in [2.75, 3.05) is 5.75 Å². The lowest BCUT2D eigenvalue weighted by Crippen LogP contribution is -2.55. The highest BCUT2D eigenvalue weighted by atomic mass is 32.2. The molecule has 7 heteroatoms. The SMILES string of the molecule is CCC(C)(NS(=O)(=O)CC1CC1)C(N)=NO. The molecule has 0 radical (unpaired) electrons. The zero-order valence-corrected chi connectivity index (χ0v) is 10.4. The van der Waals surface area contributed by atoms with Crippen LogP contribution in [0.15, 0.2) is 5.16 Å². The van der Waals surface area contributed by atoms with Gasteiger partial charge in [0.25, 0.3) is 0 Å². The van der Waals surface area contributed by atoms with Gasteiger partial charge in [0.15, 0.2) is 5.84 Å². The van der Waals surface area contributed by atoms with Crippen molar-refractivity contribution in [3.63, 3.8) is 0 Å². The minimum atomic E-state index is -3.37. The predicted molar refractivity (Wildman–Crippen MR) is 61.8 cm³/mol. The summed E-state index contributed by atoms with van der Waals surface area (Å²) in [6, 6.07) is 0. The van der Waals surface area contributed by atoms with Gasteiger partial charge in [-0.25, -0.2) is 13.1 Å². The summed E-state index contributed by atoms with van der Waals surface area (Å²) in [7, 11) is -3.37. The van der Waals surface area contributed by atoms with Crippen LogP contribution in [0.4, 0.5) is 0 Å². The first kappa shape index (κ1) is 13.2. The van der Waals surface area contributed by atoms with E-state index < -0.39 is 15.6 Å². The summed E-state index contributed by atoms with van der Waals surface area (Å²) < 4.78 is 26.0. The molecule has 1 saturated carbocycles. The molecule has 4 N–H and O–H groups in total. The standard InChI is InChI=1S/C9H19N3O3S/c1-3-9(2,8(10)11-13)12-16(14,15)6-7-4-5-7/h7,12-13H,3-6H2,1-2H3,(H2,10,11). The van der Waals surface area contributed by atoms with Crippen molar-refractivity contribution in [2.24, 2.45) is 16.8 Å². The lowest BCUT2D eigenvalue weighted by Gasteiger charge is -2.27. The highest BCUT2D eigenvalue weighted by Crippen LogP contribution is 2.30. The molecule has 0 saturated heterocycles. The lowest BCUT2D eigenvalue weighted by molar-refractivity contribution is 0.310. The molecule has 16 heavy (non-hydrogen) atoms. The lowest BCUT2D eigenvalue weighted by atomic mass is 10.00. The summed E-state index contributed by atoms with van der Waals surface area (Å²) in [5, 5.41) is 11.5. The van der Waals surface area contributed by atoms with Crippen LogP contribution in [-0.4, -0.2) is 30.8 Å². The van der Waals surface area contributed by atoms with Crippen LogP contribution in [0.1, 0.15) is 33.1 Å². The van der Waals surface area contributed by atoms with E-state index in [1.807, 2.05) is 0 Å². The molecular weight excluding hydrogens is 230 g/mol. The maximum atomic E-state index is 11.8. The number of hydrogen-bond acceptors (Lipinski definition) is 4. The van der Waals surface area contributed by atoms with Gasteiger partial charge in [-0.05, 0) is 32.1 Å². The highest BCUT2D eigenvalue weighted by Gasteiger charge is 2.35. The molecular formula is C9H19N3O3S. The largest absolute Gasteiger partial charge is 0.409 e. The van der Waals surface area contributed by atoms with Crippen LogP contribution in [0, 0.1) is 5.92 Å². The van der Waals surface area contributed by atoms with Crippen LogP contribution >= 0.6 is 0 Å². The first-order chi connectivity index (χ1) is 7.33. The van der Waals surface area contributed by atoms with E-state index in [9.17, 15) is 8.42 Å². The van der Waals surface area contributed by atoms with Crippen LogP contribution in [0.3, 0.4) is 0 Å². The second kappa shape index (κ2) is 4.58. The normalized spacial score (nSPS) is 21.8. The first-order valence-corrected chi connectivity index (χ1v) is 6.98. The smallest absolute Gasteiger partial charge is 0.212 e. The zero-order chi connectivity index (χ0) is 12.4. The molecule has 94 valence electrons. The molecule has 1 aliphatic carbocycles. The number of oxime groups is 1. The van der Waals surface area contributed by atoms with Gasteiger partial charge in [0.05, 0.1) is 11.3 Å². The van der Waals surface area contributed by atoms with Crippen molar-refractivity contribution in [1.29, 1.82) is 0 Å². The van der Waals surface area contributed by atoms with E-state index in [4.69, 9.17) is 10.9 Å². The predicted octanol–water partition coefficient (Wildman–Crippen LogP) is 0.231. The Morgan fingerprint density at radius 2 is 2.19 bits per heavy atom. The molecule has 6 nitrogen and oxygen atoms in total. The van der Waals surface area contributed by atoms with Crippen LogP contribution in [-0.2, 0) is 10.0 Å². The van der Waals surface area contributed by atoms with E-state index >= 15 is 0 Å². The number of rotatable bonds is 6. The third-order valence-electron chi connectivity index (χ3n) is 2.91. The maximum absolute atomic E-state index is 11.8. The Morgan fingerprint density at radius 1 is 1.62 bits per heavy atom. The van der Waals surface area contributed by atoms with Gasteiger partial charge < -0.3 is 10.9 Å². The van der Waals surface area contributed by atoms with E-state index in [-0.39, 0.29) is 17.5 Å². The number of amidine groups is 1. The van der Waals surface area contributed by atoms with Gasteiger partial charge in [-0.2, -0.15) is 0 Å². The Bertz CT molecular complexity index is 375. The molecule has 0 bridgehead atoms. The van der Waals surface area contributed by atoms with Crippen LogP contribution in [0.5, 0.6) is 0 Å². The summed E-state index contributed by atoms with van der Waals surface area (Å²) in [6.07, 6.45) is 2.35. The van der Waals surface area contributed by atoms with E-state index in [0.29, 0.717) is 6.42 Å². The second-order valence-corrected chi connectivity index (χ2v) is 6.26. The Morgan fingerprint density at radius 3 is 2.56 bits per heavy atom. The fourth-order valence-corrected chi connectivity index (χ4v) is 3.37. The maximum Gasteiger partial charge on any atom is 0.212 e. The third kappa shape index (κ3) is 3.34. The quantitative estimate of drug-likeness (QED) is 0.271. The Hall–Kier alpha value is -0.820. The van der Waals surface area contributed by atoms with Crippen LogP contribution < -0.4 is 10.5 Å². The molecule has 1 rings (SSSR count). The van der Waals surface area contributed by atoms with Crippen molar-refractivity contribution < 1.29 is 13.6 Å². The number of nitrogens with zero attached hydrogens (tertiary/aromatic N) is 1. The summed E-state index contributed by atoms with van der Waals surface area (Å²) in [4.78, 5) is 0. The van der Waals surface area contributed by atoms with Crippen molar-refractivity contribution in [3.8, 4) is 0 Å². The van der Waals surface area contributed by atoms with Crippen LogP contribution in [0.2, 0.25) is 0 Å². The molecule has 1 fully saturated rings. The molecule has 0 aromatic carbocycles. The Kier molecular flexibility index (Phi) is 3.80. The fourth-order valence-electron chi connectivity index (χ4n) is 1.40. The Balaban J connectivity index is 2.75. The summed E-state index contributed by atoms with van der Waals surface area (Å²) in [6.45, 7) is 3.38. The molecule has 0 heterocycles. The summed E-state index contributed by atoms with van der Waals surface area (Å²) in [5.74, 6) is 0.279. The molecule has 0 aliphatic heterocycles. The van der Waals surface area contributed by atoms with Crippen molar-refractivity contribution in [1.82, 2.24) is 4.72 Å². The van der Waals surface area contributed by atoms with Gasteiger partial charge in [0, 0.05) is 0 Å². The summed E-state index contributed by atoms with van der Waals surface area (Å²) >= 11 is 0. The van der Waals surface area contributed by atoms with Gasteiger partial charge >= 0.3 is 0 Å². The minimum absolute atomic E-state index is 0.116. The Labute approximate surface area is 95.9 Å². The van der Waals surface area contributed by atoms with E-state index in [2.05, 4.69) is 9.88 Å². The van der Waals surface area contributed by atoms with Gasteiger partial charge in [-0.15, -0.1) is 0 Å². The average Bonchev–Trinajstić information content (AvgIpc) is 2.98. The molecule has 0 aromatic rings. The summed E-state index contributed by atoms with van der Waals surface area (Å²) in [5.41, 5.74) is 4.48. The van der Waals surface area contributed by atoms with E-state index in [0.717, 1.165) is 12.8 Å². The number of hydrogen-bond donors (Lipinski definition) is 3. The number of nitrogens with two attached hydrogens (primary N) is 1. The highest BCUT2D eigenvalue weighted by molar-refractivity contribution is 7.89. The van der Waals surface area contributed by atoms with Gasteiger partial charge in [-0.1, -0.05) is 12.1 Å². The third-order valence-corrected chi connectivity index (χ3v) is 4.58. The molecule has 0 aromatic heterocycles.